The molecule has 1 aliphatic rings. The molecule has 8 atom stereocenters. The second kappa shape index (κ2) is 19.9. The van der Waals surface area contributed by atoms with Gasteiger partial charge in [-0.05, 0) is 12.8 Å². The summed E-state index contributed by atoms with van der Waals surface area (Å²) >= 11 is 0. The molecule has 1 rings (SSSR count). The van der Waals surface area contributed by atoms with Crippen molar-refractivity contribution in [3.05, 3.63) is 0 Å². The molecule has 236 valence electrons. The molecular weight excluding hydrogens is 551 g/mol. The number of aliphatic hydroxyl groups excluding tert-OH is 5. The van der Waals surface area contributed by atoms with Gasteiger partial charge in [-0.2, -0.15) is 0 Å². The first-order chi connectivity index (χ1) is 18.9. The van der Waals surface area contributed by atoms with Gasteiger partial charge in [0.1, 0.15) is 43.2 Å². The highest BCUT2D eigenvalue weighted by Crippen LogP contribution is 2.47. The predicted octanol–water partition coefficient (Wildman–Crippen LogP) is 1.87. The van der Waals surface area contributed by atoms with E-state index in [9.17, 15) is 44.6 Å². The Labute approximate surface area is 236 Å². The predicted molar refractivity (Wildman–Crippen MR) is 143 cm³/mol. The monoisotopic (exact) mass is 600 g/mol. The molecule has 0 heterocycles. The van der Waals surface area contributed by atoms with Crippen molar-refractivity contribution in [2.45, 2.75) is 140 Å². The zero-order chi connectivity index (χ0) is 30.1. The maximum absolute atomic E-state index is 12.5. The zero-order valence-corrected chi connectivity index (χ0v) is 24.5. The second-order valence-corrected chi connectivity index (χ2v) is 11.7. The summed E-state index contributed by atoms with van der Waals surface area (Å²) in [5.74, 6) is -1.13. The molecule has 40 heavy (non-hydrogen) atoms. The van der Waals surface area contributed by atoms with Crippen LogP contribution in [0.3, 0.4) is 0 Å². The molecule has 14 heteroatoms. The van der Waals surface area contributed by atoms with E-state index < -0.39 is 75.7 Å². The molecule has 0 radical (unpaired) electrons. The highest BCUT2D eigenvalue weighted by atomic mass is 31.2. The van der Waals surface area contributed by atoms with E-state index in [4.69, 9.17) is 18.5 Å². The number of aliphatic hydroxyl groups is 5. The van der Waals surface area contributed by atoms with Crippen LogP contribution in [0.15, 0.2) is 0 Å². The van der Waals surface area contributed by atoms with Crippen molar-refractivity contribution < 1.29 is 63.1 Å². The van der Waals surface area contributed by atoms with Gasteiger partial charge in [0.05, 0.1) is 6.61 Å². The number of unbranched alkanes of at least 4 members (excludes halogenated alkanes) is 9. The molecule has 0 amide bonds. The molecule has 0 aromatic heterocycles. The number of phosphoric ester groups is 1. The Bertz CT molecular complexity index is 751. The van der Waals surface area contributed by atoms with E-state index in [1.165, 1.54) is 6.42 Å². The summed E-state index contributed by atoms with van der Waals surface area (Å²) in [6.45, 7) is 3.00. The molecule has 0 saturated heterocycles. The summed E-state index contributed by atoms with van der Waals surface area (Å²) < 4.78 is 32.7. The van der Waals surface area contributed by atoms with Gasteiger partial charge >= 0.3 is 19.8 Å². The fourth-order valence-corrected chi connectivity index (χ4v) is 5.20. The van der Waals surface area contributed by atoms with Crippen molar-refractivity contribution >= 4 is 19.8 Å². The Morgan fingerprint density at radius 2 is 1.12 bits per heavy atom. The minimum Gasteiger partial charge on any atom is -0.462 e. The molecule has 1 aliphatic carbocycles. The third-order valence-corrected chi connectivity index (χ3v) is 7.68. The number of hydrogen-bond acceptors (Lipinski definition) is 12. The van der Waals surface area contributed by atoms with Crippen LogP contribution in [0.25, 0.3) is 0 Å². The van der Waals surface area contributed by atoms with Crippen molar-refractivity contribution in [1.29, 1.82) is 0 Å². The van der Waals surface area contributed by atoms with E-state index in [-0.39, 0.29) is 12.8 Å². The molecule has 0 aliphatic heterocycles. The van der Waals surface area contributed by atoms with Crippen molar-refractivity contribution in [2.24, 2.45) is 0 Å². The van der Waals surface area contributed by atoms with Gasteiger partial charge in [-0.1, -0.05) is 71.6 Å². The van der Waals surface area contributed by atoms with Crippen LogP contribution in [0.5, 0.6) is 0 Å². The minimum atomic E-state index is -5.07. The molecule has 0 bridgehead atoms. The molecule has 1 fully saturated rings. The highest BCUT2D eigenvalue weighted by molar-refractivity contribution is 7.47. The van der Waals surface area contributed by atoms with Crippen molar-refractivity contribution in [2.75, 3.05) is 13.2 Å². The van der Waals surface area contributed by atoms with E-state index in [0.717, 1.165) is 51.4 Å². The minimum absolute atomic E-state index is 0.0983. The molecule has 0 aromatic rings. The molecule has 0 aromatic carbocycles. The number of ether oxygens (including phenoxy) is 2. The highest BCUT2D eigenvalue weighted by Gasteiger charge is 2.51. The molecule has 1 saturated carbocycles. The van der Waals surface area contributed by atoms with Crippen LogP contribution in [-0.4, -0.2) is 98.3 Å². The lowest BCUT2D eigenvalue weighted by Crippen LogP contribution is -2.64. The van der Waals surface area contributed by atoms with Crippen LogP contribution >= 0.6 is 7.82 Å². The number of carbonyl (C=O) groups excluding carboxylic acids is 2. The van der Waals surface area contributed by atoms with E-state index in [1.807, 2.05) is 6.92 Å². The van der Waals surface area contributed by atoms with E-state index in [0.29, 0.717) is 12.8 Å². The van der Waals surface area contributed by atoms with Crippen molar-refractivity contribution in [3.8, 4) is 0 Å². The molecule has 0 spiro atoms. The average Bonchev–Trinajstić information content (AvgIpc) is 2.92. The first kappa shape index (κ1) is 36.9. The third-order valence-electron chi connectivity index (χ3n) is 6.70. The number of carbonyl (C=O) groups is 2. The van der Waals surface area contributed by atoms with Gasteiger partial charge in [-0.3, -0.25) is 18.6 Å². The van der Waals surface area contributed by atoms with Gasteiger partial charge in [-0.25, -0.2) is 4.57 Å². The summed E-state index contributed by atoms with van der Waals surface area (Å²) in [7, 11) is -5.07. The lowest BCUT2D eigenvalue weighted by Gasteiger charge is -2.41. The topological polar surface area (TPSA) is 210 Å². The summed E-state index contributed by atoms with van der Waals surface area (Å²) in [4.78, 5) is 34.6. The Kier molecular flexibility index (Phi) is 18.3. The smallest absolute Gasteiger partial charge is 0.462 e. The van der Waals surface area contributed by atoms with Gasteiger partial charge in [0.25, 0.3) is 0 Å². The quantitative estimate of drug-likeness (QED) is 0.0632. The Balaban J connectivity index is 2.68. The Morgan fingerprint density at radius 3 is 1.68 bits per heavy atom. The first-order valence-electron chi connectivity index (χ1n) is 14.3. The van der Waals surface area contributed by atoms with Crippen LogP contribution in [0.4, 0.5) is 0 Å². The van der Waals surface area contributed by atoms with E-state index in [2.05, 4.69) is 6.92 Å². The van der Waals surface area contributed by atoms with Crippen LogP contribution in [-0.2, 0) is 32.7 Å². The van der Waals surface area contributed by atoms with Crippen molar-refractivity contribution in [1.82, 2.24) is 0 Å². The van der Waals surface area contributed by atoms with Crippen LogP contribution in [0, 0.1) is 0 Å². The summed E-state index contributed by atoms with van der Waals surface area (Å²) in [5.41, 5.74) is 0. The van der Waals surface area contributed by atoms with Crippen LogP contribution in [0.2, 0.25) is 0 Å². The van der Waals surface area contributed by atoms with E-state index >= 15 is 0 Å². The Morgan fingerprint density at radius 1 is 0.675 bits per heavy atom. The fraction of sp³-hybridized carbons (Fsp3) is 0.923. The van der Waals surface area contributed by atoms with Crippen LogP contribution < -0.4 is 0 Å². The zero-order valence-electron chi connectivity index (χ0n) is 23.6. The SMILES string of the molecule is CCCCCCCCCC(=O)O[C@H](COC(=O)CCCCCC)COP(=O)(O)OC1[C@@H](O)[C@H](O)C(O)[C@@H](O)[C@H]1O. The molecule has 3 unspecified atom stereocenters. The standard InChI is InChI=1S/C26H49O13P/c1-3-5-7-9-10-11-13-15-20(28)38-18(16-36-19(27)14-12-8-6-4-2)17-37-40(34,35)39-26-24(32)22(30)21(29)23(31)25(26)33/h18,21-26,29-33H,3-17H2,1-2H3,(H,34,35)/t18-,21?,22-,23-,24-,25+,26?/m1/s1. The Hall–Kier alpha value is -1.15. The van der Waals surface area contributed by atoms with E-state index in [1.54, 1.807) is 0 Å². The number of hydrogen-bond donors (Lipinski definition) is 6. The van der Waals surface area contributed by atoms with Crippen molar-refractivity contribution in [3.63, 3.8) is 0 Å². The lowest BCUT2D eigenvalue weighted by atomic mass is 9.85. The second-order valence-electron chi connectivity index (χ2n) is 10.3. The maximum Gasteiger partial charge on any atom is 0.472 e. The molecular formula is C26H49O13P. The van der Waals surface area contributed by atoms with Gasteiger partial charge < -0.3 is 39.9 Å². The lowest BCUT2D eigenvalue weighted by molar-refractivity contribution is -0.220. The maximum atomic E-state index is 12.5. The number of esters is 2. The molecule has 13 nitrogen and oxygen atoms in total. The van der Waals surface area contributed by atoms with Gasteiger partial charge in [0.2, 0.25) is 0 Å². The molecule has 6 N–H and O–H groups in total. The normalized spacial score (nSPS) is 27.1. The van der Waals surface area contributed by atoms with Gasteiger partial charge in [0.15, 0.2) is 6.10 Å². The van der Waals surface area contributed by atoms with Gasteiger partial charge in [0, 0.05) is 12.8 Å². The fourth-order valence-electron chi connectivity index (χ4n) is 4.22. The van der Waals surface area contributed by atoms with Crippen LogP contribution in [0.1, 0.15) is 97.3 Å². The first-order valence-corrected chi connectivity index (χ1v) is 15.8. The number of phosphoric acid groups is 1. The summed E-state index contributed by atoms with van der Waals surface area (Å²) in [5, 5.41) is 49.4. The third kappa shape index (κ3) is 14.2. The number of rotatable bonds is 21. The summed E-state index contributed by atoms with van der Waals surface area (Å²) in [6.07, 6.45) is -2.48. The average molecular weight is 601 g/mol. The summed E-state index contributed by atoms with van der Waals surface area (Å²) in [6, 6.07) is 0. The largest absolute Gasteiger partial charge is 0.472 e. The van der Waals surface area contributed by atoms with Gasteiger partial charge in [-0.15, -0.1) is 0 Å².